The van der Waals surface area contributed by atoms with Gasteiger partial charge in [0, 0.05) is 17.9 Å². The fourth-order valence-corrected chi connectivity index (χ4v) is 3.86. The number of rotatable bonds is 13. The topological polar surface area (TPSA) is 78.2 Å². The summed E-state index contributed by atoms with van der Waals surface area (Å²) in [7, 11) is 0. The van der Waals surface area contributed by atoms with Crippen LogP contribution in [0.25, 0.3) is 0 Å². The number of benzene rings is 1. The van der Waals surface area contributed by atoms with Gasteiger partial charge in [-0.2, -0.15) is 0 Å². The van der Waals surface area contributed by atoms with E-state index in [1.165, 1.54) is 68.4 Å². The lowest BCUT2D eigenvalue weighted by Gasteiger charge is -2.15. The summed E-state index contributed by atoms with van der Waals surface area (Å²) >= 11 is 0. The Morgan fingerprint density at radius 2 is 1.61 bits per heavy atom. The lowest BCUT2D eigenvalue weighted by molar-refractivity contribution is -0.122. The molecule has 1 fully saturated rings. The lowest BCUT2D eigenvalue weighted by Crippen LogP contribution is -2.30. The molecule has 1 aliphatic rings. The van der Waals surface area contributed by atoms with Crippen LogP contribution in [0.1, 0.15) is 94.3 Å². The molecule has 1 atom stereocenters. The molecule has 0 saturated carbocycles. The van der Waals surface area contributed by atoms with Crippen LogP contribution in [-0.4, -0.2) is 17.7 Å². The van der Waals surface area contributed by atoms with E-state index in [4.69, 9.17) is 5.73 Å². The third-order valence-electron chi connectivity index (χ3n) is 5.51. The number of imide groups is 1. The monoisotopic (exact) mass is 385 g/mol. The Labute approximate surface area is 168 Å². The average Bonchev–Trinajstić information content (AvgIpc) is 2.96. The van der Waals surface area contributed by atoms with Gasteiger partial charge in [-0.15, -0.1) is 0 Å². The standard InChI is InChI=1S/C23H33N2O3/c1-2-3-4-5-6-7-8-9-10-11-13-19-17-21(26)25(23(19)28)20-15-12-14-18(16-20)22(24)27/h12,14-16,19,24H,2-11,13,17H2,1H3. The molecule has 2 rings (SSSR count). The summed E-state index contributed by atoms with van der Waals surface area (Å²) in [6, 6.07) is 6.22. The molecular weight excluding hydrogens is 352 g/mol. The first-order chi connectivity index (χ1) is 13.5. The molecule has 1 aromatic rings. The molecule has 1 unspecified atom stereocenters. The second-order valence-electron chi connectivity index (χ2n) is 7.82. The Hall–Kier alpha value is -2.17. The Morgan fingerprint density at radius 1 is 1.00 bits per heavy atom. The first-order valence-electron chi connectivity index (χ1n) is 10.8. The van der Waals surface area contributed by atoms with Crippen LogP contribution in [0, 0.1) is 5.92 Å². The minimum absolute atomic E-state index is 0.171. The second-order valence-corrected chi connectivity index (χ2v) is 7.82. The smallest absolute Gasteiger partial charge is 0.269 e. The van der Waals surface area contributed by atoms with Crippen LogP contribution >= 0.6 is 0 Å². The van der Waals surface area contributed by atoms with E-state index in [-0.39, 0.29) is 29.7 Å². The molecule has 153 valence electrons. The molecule has 0 spiro atoms. The molecule has 1 aliphatic heterocycles. The summed E-state index contributed by atoms with van der Waals surface area (Å²) in [5, 5.41) is 0. The Kier molecular flexibility index (Phi) is 9.18. The summed E-state index contributed by atoms with van der Waals surface area (Å²) in [4.78, 5) is 37.4. The van der Waals surface area contributed by atoms with Gasteiger partial charge in [0.1, 0.15) is 0 Å². The van der Waals surface area contributed by atoms with E-state index < -0.39 is 5.91 Å². The van der Waals surface area contributed by atoms with E-state index in [1.54, 1.807) is 12.1 Å². The van der Waals surface area contributed by atoms with Crippen molar-refractivity contribution in [3.63, 3.8) is 0 Å². The Balaban J connectivity index is 1.71. The molecule has 1 saturated heterocycles. The third kappa shape index (κ3) is 6.47. The molecule has 1 aromatic carbocycles. The van der Waals surface area contributed by atoms with Crippen LogP contribution in [-0.2, 0) is 9.59 Å². The van der Waals surface area contributed by atoms with E-state index in [0.717, 1.165) is 19.3 Å². The number of unbranched alkanes of at least 4 members (excludes halogenated alkanes) is 9. The number of nitrogens with one attached hydrogen (secondary N) is 1. The minimum atomic E-state index is -0.817. The average molecular weight is 386 g/mol. The van der Waals surface area contributed by atoms with Gasteiger partial charge in [-0.05, 0) is 24.6 Å². The van der Waals surface area contributed by atoms with Crippen molar-refractivity contribution in [3.05, 3.63) is 29.8 Å². The van der Waals surface area contributed by atoms with Crippen LogP contribution in [0.5, 0.6) is 0 Å². The fraction of sp³-hybridized carbons (Fsp3) is 0.609. The van der Waals surface area contributed by atoms with Crippen LogP contribution in [0.15, 0.2) is 24.3 Å². The predicted octanol–water partition coefficient (Wildman–Crippen LogP) is 5.30. The number of carbonyl (C=O) groups excluding carboxylic acids is 3. The largest absolute Gasteiger partial charge is 0.274 e. The van der Waals surface area contributed by atoms with Crippen molar-refractivity contribution in [2.75, 3.05) is 4.90 Å². The highest BCUT2D eigenvalue weighted by Gasteiger charge is 2.39. The van der Waals surface area contributed by atoms with Gasteiger partial charge in [0.2, 0.25) is 11.8 Å². The van der Waals surface area contributed by atoms with Crippen LogP contribution < -0.4 is 10.6 Å². The predicted molar refractivity (Wildman–Crippen MR) is 111 cm³/mol. The maximum absolute atomic E-state index is 12.7. The van der Waals surface area contributed by atoms with E-state index in [1.807, 2.05) is 0 Å². The number of nitrogens with zero attached hydrogens (tertiary/aromatic N) is 1. The first-order valence-corrected chi connectivity index (χ1v) is 10.8. The van der Waals surface area contributed by atoms with Crippen molar-refractivity contribution < 1.29 is 14.4 Å². The van der Waals surface area contributed by atoms with Gasteiger partial charge in [-0.3, -0.25) is 25.0 Å². The summed E-state index contributed by atoms with van der Waals surface area (Å²) in [6.45, 7) is 2.23. The van der Waals surface area contributed by atoms with Gasteiger partial charge in [-0.25, -0.2) is 0 Å². The highest BCUT2D eigenvalue weighted by molar-refractivity contribution is 6.21. The van der Waals surface area contributed by atoms with Gasteiger partial charge in [-0.1, -0.05) is 77.2 Å². The molecule has 1 N–H and O–H groups in total. The molecule has 1 heterocycles. The number of hydrogen-bond donors (Lipinski definition) is 0. The molecule has 0 aliphatic carbocycles. The number of amides is 3. The normalized spacial score (nSPS) is 16.8. The number of hydrogen-bond acceptors (Lipinski definition) is 3. The van der Waals surface area contributed by atoms with Crippen LogP contribution in [0.4, 0.5) is 5.69 Å². The van der Waals surface area contributed by atoms with Crippen molar-refractivity contribution in [3.8, 4) is 0 Å². The molecule has 0 bridgehead atoms. The molecule has 0 aromatic heterocycles. The zero-order valence-electron chi connectivity index (χ0n) is 17.0. The van der Waals surface area contributed by atoms with Crippen LogP contribution in [0.2, 0.25) is 0 Å². The zero-order chi connectivity index (χ0) is 20.4. The van der Waals surface area contributed by atoms with Crippen molar-refractivity contribution in [2.45, 2.75) is 84.0 Å². The number of anilines is 1. The lowest BCUT2D eigenvalue weighted by atomic mass is 9.98. The zero-order valence-corrected chi connectivity index (χ0v) is 17.0. The van der Waals surface area contributed by atoms with Crippen molar-refractivity contribution >= 4 is 23.4 Å². The first kappa shape index (κ1) is 22.1. The Morgan fingerprint density at radius 3 is 2.21 bits per heavy atom. The molecule has 5 heteroatoms. The highest BCUT2D eigenvalue weighted by Crippen LogP contribution is 2.30. The SMILES string of the molecule is CCCCCCCCCCCCC1CC(=O)N(c2cccc(C([NH])=O)c2)C1=O. The summed E-state index contributed by atoms with van der Waals surface area (Å²) in [5.74, 6) is -1.45. The third-order valence-corrected chi connectivity index (χ3v) is 5.51. The van der Waals surface area contributed by atoms with Crippen molar-refractivity contribution in [1.82, 2.24) is 5.73 Å². The molecule has 1 radical (unpaired) electrons. The van der Waals surface area contributed by atoms with E-state index in [0.29, 0.717) is 5.69 Å². The van der Waals surface area contributed by atoms with Gasteiger partial charge in [0.25, 0.3) is 5.91 Å². The molecule has 28 heavy (non-hydrogen) atoms. The molecule has 5 nitrogen and oxygen atoms in total. The van der Waals surface area contributed by atoms with E-state index in [2.05, 4.69) is 6.92 Å². The Bertz CT molecular complexity index is 672. The fourth-order valence-electron chi connectivity index (χ4n) is 3.86. The van der Waals surface area contributed by atoms with Gasteiger partial charge >= 0.3 is 0 Å². The van der Waals surface area contributed by atoms with Crippen molar-refractivity contribution in [1.29, 1.82) is 0 Å². The van der Waals surface area contributed by atoms with Gasteiger partial charge < -0.3 is 0 Å². The maximum Gasteiger partial charge on any atom is 0.269 e. The second kappa shape index (κ2) is 11.6. The van der Waals surface area contributed by atoms with Gasteiger partial charge in [0.15, 0.2) is 0 Å². The highest BCUT2D eigenvalue weighted by atomic mass is 16.2. The maximum atomic E-state index is 12.7. The summed E-state index contributed by atoms with van der Waals surface area (Å²) in [5.41, 5.74) is 7.79. The summed E-state index contributed by atoms with van der Waals surface area (Å²) in [6.07, 6.45) is 13.5. The summed E-state index contributed by atoms with van der Waals surface area (Å²) < 4.78 is 0. The quantitative estimate of drug-likeness (QED) is 0.341. The number of carbonyl (C=O) groups is 3. The molecule has 3 amide bonds. The minimum Gasteiger partial charge on any atom is -0.274 e. The van der Waals surface area contributed by atoms with E-state index in [9.17, 15) is 14.4 Å². The van der Waals surface area contributed by atoms with Crippen LogP contribution in [0.3, 0.4) is 0 Å². The molecular formula is C23H33N2O3. The van der Waals surface area contributed by atoms with Gasteiger partial charge in [0.05, 0.1) is 5.69 Å². The van der Waals surface area contributed by atoms with Crippen molar-refractivity contribution in [2.24, 2.45) is 5.92 Å². The van der Waals surface area contributed by atoms with E-state index >= 15 is 0 Å².